The molecule has 1 unspecified atom stereocenters. The van der Waals surface area contributed by atoms with Crippen LogP contribution in [0.4, 0.5) is 0 Å². The van der Waals surface area contributed by atoms with Crippen LogP contribution >= 0.6 is 11.8 Å². The molecule has 0 amide bonds. The van der Waals surface area contributed by atoms with Crippen LogP contribution in [0.3, 0.4) is 0 Å². The fraction of sp³-hybridized carbons (Fsp3) is 0.455. The standard InChI is InChI=1S/C22H28O3S/c1-17(18-9-6-4-7-10-18)21(23)14-13-20-16-26-15-19(20)11-5-2-3-8-12-22(24)25/h2,4-7,9-10,13-14,17,19-20H,3,8,11-12,15-16H2,1H3,(H,24,25)/b5-2-,14-13+/t17?,19-,20-/m0/s1. The third kappa shape index (κ3) is 6.83. The first-order chi connectivity index (χ1) is 12.6. The molecule has 0 aromatic heterocycles. The molecular formula is C22H28O3S. The summed E-state index contributed by atoms with van der Waals surface area (Å²) < 4.78 is 0. The normalized spacial score (nSPS) is 21.4. The summed E-state index contributed by atoms with van der Waals surface area (Å²) in [6, 6.07) is 9.90. The zero-order chi connectivity index (χ0) is 18.8. The van der Waals surface area contributed by atoms with E-state index in [1.165, 1.54) is 0 Å². The molecule has 140 valence electrons. The van der Waals surface area contributed by atoms with E-state index in [-0.39, 0.29) is 18.1 Å². The fourth-order valence-electron chi connectivity index (χ4n) is 3.10. The van der Waals surface area contributed by atoms with E-state index in [4.69, 9.17) is 5.11 Å². The minimum Gasteiger partial charge on any atom is -0.481 e. The summed E-state index contributed by atoms with van der Waals surface area (Å²) in [6.45, 7) is 1.96. The van der Waals surface area contributed by atoms with Crippen LogP contribution in [0, 0.1) is 11.8 Å². The Morgan fingerprint density at radius 2 is 2.00 bits per heavy atom. The highest BCUT2D eigenvalue weighted by Crippen LogP contribution is 2.33. The quantitative estimate of drug-likeness (QED) is 0.353. The summed E-state index contributed by atoms with van der Waals surface area (Å²) in [5.41, 5.74) is 1.06. The van der Waals surface area contributed by atoms with Crippen molar-refractivity contribution >= 4 is 23.5 Å². The summed E-state index contributed by atoms with van der Waals surface area (Å²) >= 11 is 1.94. The first-order valence-electron chi connectivity index (χ1n) is 9.29. The van der Waals surface area contributed by atoms with Crippen molar-refractivity contribution in [3.05, 3.63) is 60.2 Å². The third-order valence-electron chi connectivity index (χ3n) is 4.85. The van der Waals surface area contributed by atoms with Gasteiger partial charge in [-0.2, -0.15) is 11.8 Å². The Morgan fingerprint density at radius 3 is 2.73 bits per heavy atom. The van der Waals surface area contributed by atoms with Gasteiger partial charge in [0.25, 0.3) is 0 Å². The largest absolute Gasteiger partial charge is 0.481 e. The smallest absolute Gasteiger partial charge is 0.303 e. The molecule has 1 heterocycles. The van der Waals surface area contributed by atoms with Crippen LogP contribution in [-0.4, -0.2) is 28.4 Å². The Morgan fingerprint density at radius 1 is 1.23 bits per heavy atom. The molecule has 1 aromatic carbocycles. The van der Waals surface area contributed by atoms with Gasteiger partial charge in [-0.3, -0.25) is 9.59 Å². The van der Waals surface area contributed by atoms with Crippen molar-refractivity contribution in [3.8, 4) is 0 Å². The highest BCUT2D eigenvalue weighted by Gasteiger charge is 2.25. The number of benzene rings is 1. The molecule has 1 aromatic rings. The number of carbonyl (C=O) groups is 2. The van der Waals surface area contributed by atoms with Gasteiger partial charge >= 0.3 is 5.97 Å². The van der Waals surface area contributed by atoms with Crippen molar-refractivity contribution in [1.29, 1.82) is 0 Å². The van der Waals surface area contributed by atoms with Crippen LogP contribution < -0.4 is 0 Å². The molecule has 4 heteroatoms. The maximum Gasteiger partial charge on any atom is 0.303 e. The molecule has 0 radical (unpaired) electrons. The number of aliphatic carboxylic acids is 1. The summed E-state index contributed by atoms with van der Waals surface area (Å²) in [4.78, 5) is 22.9. The highest BCUT2D eigenvalue weighted by atomic mass is 32.2. The molecular weight excluding hydrogens is 344 g/mol. The number of rotatable bonds is 10. The van der Waals surface area contributed by atoms with Crippen LogP contribution in [0.2, 0.25) is 0 Å². The van der Waals surface area contributed by atoms with Crippen molar-refractivity contribution in [2.45, 2.75) is 38.5 Å². The lowest BCUT2D eigenvalue weighted by atomic mass is 9.90. The third-order valence-corrected chi connectivity index (χ3v) is 6.13. The van der Waals surface area contributed by atoms with Gasteiger partial charge in [0.1, 0.15) is 0 Å². The van der Waals surface area contributed by atoms with E-state index in [2.05, 4.69) is 18.2 Å². The summed E-state index contributed by atoms with van der Waals surface area (Å²) in [5, 5.41) is 8.63. The van der Waals surface area contributed by atoms with E-state index in [9.17, 15) is 9.59 Å². The maximum atomic E-state index is 12.4. The molecule has 26 heavy (non-hydrogen) atoms. The molecule has 0 aliphatic carbocycles. The van der Waals surface area contributed by atoms with Gasteiger partial charge in [0.15, 0.2) is 5.78 Å². The van der Waals surface area contributed by atoms with Crippen molar-refractivity contribution < 1.29 is 14.7 Å². The van der Waals surface area contributed by atoms with Gasteiger partial charge in [-0.25, -0.2) is 0 Å². The number of carboxylic acid groups (broad SMARTS) is 1. The van der Waals surface area contributed by atoms with E-state index in [0.717, 1.165) is 29.9 Å². The van der Waals surface area contributed by atoms with Crippen LogP contribution in [-0.2, 0) is 9.59 Å². The van der Waals surface area contributed by atoms with E-state index >= 15 is 0 Å². The van der Waals surface area contributed by atoms with Gasteiger partial charge in [0.2, 0.25) is 0 Å². The number of carboxylic acids is 1. The fourth-order valence-corrected chi connectivity index (χ4v) is 4.58. The molecule has 1 saturated heterocycles. The van der Waals surface area contributed by atoms with Gasteiger partial charge in [0, 0.05) is 12.3 Å². The lowest BCUT2D eigenvalue weighted by molar-refractivity contribution is -0.137. The second-order valence-corrected chi connectivity index (χ2v) is 7.92. The molecule has 3 nitrogen and oxygen atoms in total. The van der Waals surface area contributed by atoms with Crippen molar-refractivity contribution in [2.24, 2.45) is 11.8 Å². The average Bonchev–Trinajstić information content (AvgIpc) is 3.09. The van der Waals surface area contributed by atoms with E-state index in [1.807, 2.05) is 49.0 Å². The van der Waals surface area contributed by atoms with Gasteiger partial charge in [-0.1, -0.05) is 55.5 Å². The number of hydrogen-bond acceptors (Lipinski definition) is 3. The Bertz CT molecular complexity index is 636. The van der Waals surface area contributed by atoms with E-state index < -0.39 is 5.97 Å². The lowest BCUT2D eigenvalue weighted by Crippen LogP contribution is -2.11. The van der Waals surface area contributed by atoms with E-state index in [0.29, 0.717) is 18.3 Å². The molecule has 0 spiro atoms. The molecule has 1 aliphatic rings. The van der Waals surface area contributed by atoms with Gasteiger partial charge in [-0.15, -0.1) is 0 Å². The second-order valence-electron chi connectivity index (χ2n) is 6.85. The van der Waals surface area contributed by atoms with Crippen LogP contribution in [0.15, 0.2) is 54.6 Å². The Hall–Kier alpha value is -1.81. The first kappa shape index (κ1) is 20.5. The van der Waals surface area contributed by atoms with Crippen LogP contribution in [0.5, 0.6) is 0 Å². The minimum atomic E-state index is -0.731. The number of allylic oxidation sites excluding steroid dienone is 4. The van der Waals surface area contributed by atoms with E-state index in [1.54, 1.807) is 6.08 Å². The molecule has 0 saturated carbocycles. The predicted octanol–water partition coefficient (Wildman–Crippen LogP) is 5.10. The zero-order valence-electron chi connectivity index (χ0n) is 15.3. The molecule has 0 bridgehead atoms. The zero-order valence-corrected chi connectivity index (χ0v) is 16.2. The number of unbranched alkanes of at least 4 members (excludes halogenated alkanes) is 1. The number of carbonyl (C=O) groups excluding carboxylic acids is 1. The number of ketones is 1. The van der Waals surface area contributed by atoms with Gasteiger partial charge < -0.3 is 5.11 Å². The number of thioether (sulfide) groups is 1. The minimum absolute atomic E-state index is 0.103. The first-order valence-corrected chi connectivity index (χ1v) is 10.4. The topological polar surface area (TPSA) is 54.4 Å². The molecule has 1 aliphatic heterocycles. The molecule has 2 rings (SSSR count). The number of hydrogen-bond donors (Lipinski definition) is 1. The summed E-state index contributed by atoms with van der Waals surface area (Å²) in [6.07, 6.45) is 10.9. The summed E-state index contributed by atoms with van der Waals surface area (Å²) in [7, 11) is 0. The SMILES string of the molecule is CC(C(=O)/C=C/[C@H]1CSC[C@@H]1C/C=C\CCCC(=O)O)c1ccccc1. The highest BCUT2D eigenvalue weighted by molar-refractivity contribution is 7.99. The second kappa shape index (κ2) is 11.0. The monoisotopic (exact) mass is 372 g/mol. The Balaban J connectivity index is 1.80. The molecule has 3 atom stereocenters. The van der Waals surface area contributed by atoms with Crippen molar-refractivity contribution in [3.63, 3.8) is 0 Å². The molecule has 1 N–H and O–H groups in total. The average molecular weight is 373 g/mol. The van der Waals surface area contributed by atoms with Gasteiger partial charge in [-0.05, 0) is 54.2 Å². The Kier molecular flexibility index (Phi) is 8.69. The van der Waals surface area contributed by atoms with Crippen LogP contribution in [0.1, 0.15) is 44.1 Å². The van der Waals surface area contributed by atoms with Crippen molar-refractivity contribution in [1.82, 2.24) is 0 Å². The maximum absolute atomic E-state index is 12.4. The Labute approximate surface area is 160 Å². The molecule has 1 fully saturated rings. The van der Waals surface area contributed by atoms with Gasteiger partial charge in [0.05, 0.1) is 0 Å². The summed E-state index contributed by atoms with van der Waals surface area (Å²) in [5.74, 6) is 2.52. The lowest BCUT2D eigenvalue weighted by Gasteiger charge is -2.13. The van der Waals surface area contributed by atoms with Crippen molar-refractivity contribution in [2.75, 3.05) is 11.5 Å². The van der Waals surface area contributed by atoms with Crippen LogP contribution in [0.25, 0.3) is 0 Å². The predicted molar refractivity (Wildman–Crippen MR) is 109 cm³/mol.